The van der Waals surface area contributed by atoms with Crippen molar-refractivity contribution in [2.24, 2.45) is 11.7 Å². The highest BCUT2D eigenvalue weighted by Gasteiger charge is 2.09. The second-order valence-electron chi connectivity index (χ2n) is 4.19. The summed E-state index contributed by atoms with van der Waals surface area (Å²) in [5.74, 6) is 1.48. The van der Waals surface area contributed by atoms with Crippen molar-refractivity contribution >= 4 is 5.82 Å². The van der Waals surface area contributed by atoms with Crippen LogP contribution in [0.1, 0.15) is 20.3 Å². The van der Waals surface area contributed by atoms with Gasteiger partial charge in [-0.25, -0.2) is 9.97 Å². The lowest BCUT2D eigenvalue weighted by atomic mass is 10.0. The predicted octanol–water partition coefficient (Wildman–Crippen LogP) is 1.29. The molecule has 0 aliphatic carbocycles. The summed E-state index contributed by atoms with van der Waals surface area (Å²) >= 11 is 0. The Morgan fingerprint density at radius 3 is 2.73 bits per heavy atom. The molecule has 1 unspecified atom stereocenters. The molecular formula is C11H20N4. The van der Waals surface area contributed by atoms with Crippen molar-refractivity contribution in [2.45, 2.75) is 26.3 Å². The SMILES string of the molecule is CC(C)C(N)CCN(C)c1ccncn1. The highest BCUT2D eigenvalue weighted by Crippen LogP contribution is 2.09. The zero-order valence-corrected chi connectivity index (χ0v) is 9.72. The Balaban J connectivity index is 2.40. The summed E-state index contributed by atoms with van der Waals surface area (Å²) in [5, 5.41) is 0. The van der Waals surface area contributed by atoms with Crippen LogP contribution in [0.4, 0.5) is 5.82 Å². The molecule has 0 saturated carbocycles. The molecular weight excluding hydrogens is 188 g/mol. The van der Waals surface area contributed by atoms with E-state index in [0.29, 0.717) is 5.92 Å². The van der Waals surface area contributed by atoms with Crippen molar-refractivity contribution < 1.29 is 0 Å². The van der Waals surface area contributed by atoms with Gasteiger partial charge in [-0.15, -0.1) is 0 Å². The van der Waals surface area contributed by atoms with Gasteiger partial charge in [0.25, 0.3) is 0 Å². The van der Waals surface area contributed by atoms with Crippen LogP contribution in [0.15, 0.2) is 18.6 Å². The van der Waals surface area contributed by atoms with Crippen molar-refractivity contribution in [3.8, 4) is 0 Å². The van der Waals surface area contributed by atoms with Gasteiger partial charge in [-0.3, -0.25) is 0 Å². The zero-order chi connectivity index (χ0) is 11.3. The number of nitrogens with zero attached hydrogens (tertiary/aromatic N) is 3. The molecule has 0 aliphatic rings. The molecule has 4 heteroatoms. The molecule has 1 aromatic rings. The van der Waals surface area contributed by atoms with Crippen LogP contribution < -0.4 is 10.6 Å². The van der Waals surface area contributed by atoms with E-state index in [0.717, 1.165) is 18.8 Å². The van der Waals surface area contributed by atoms with E-state index in [1.807, 2.05) is 13.1 Å². The third-order valence-electron chi connectivity index (χ3n) is 2.61. The number of anilines is 1. The van der Waals surface area contributed by atoms with Crippen LogP contribution in [0.2, 0.25) is 0 Å². The Labute approximate surface area is 91.5 Å². The lowest BCUT2D eigenvalue weighted by molar-refractivity contribution is 0.465. The summed E-state index contributed by atoms with van der Waals surface area (Å²) in [7, 11) is 2.02. The van der Waals surface area contributed by atoms with E-state index in [9.17, 15) is 0 Å². The number of aromatic nitrogens is 2. The first-order valence-electron chi connectivity index (χ1n) is 5.34. The summed E-state index contributed by atoms with van der Waals surface area (Å²) in [5.41, 5.74) is 5.98. The Hall–Kier alpha value is -1.16. The van der Waals surface area contributed by atoms with Crippen LogP contribution in [0.3, 0.4) is 0 Å². The summed E-state index contributed by atoms with van der Waals surface area (Å²) in [6, 6.07) is 2.16. The Morgan fingerprint density at radius 1 is 1.47 bits per heavy atom. The first-order valence-corrected chi connectivity index (χ1v) is 5.34. The van der Waals surface area contributed by atoms with Gasteiger partial charge in [0.1, 0.15) is 12.1 Å². The summed E-state index contributed by atoms with van der Waals surface area (Å²) in [6.07, 6.45) is 4.30. The van der Waals surface area contributed by atoms with Crippen LogP contribution >= 0.6 is 0 Å². The number of nitrogens with two attached hydrogens (primary N) is 1. The highest BCUT2D eigenvalue weighted by molar-refractivity contribution is 5.34. The van der Waals surface area contributed by atoms with E-state index in [2.05, 4.69) is 28.7 Å². The average Bonchev–Trinajstić information content (AvgIpc) is 2.26. The summed E-state index contributed by atoms with van der Waals surface area (Å²) in [4.78, 5) is 10.2. The maximum absolute atomic E-state index is 5.98. The van der Waals surface area contributed by atoms with Crippen LogP contribution in [0.25, 0.3) is 0 Å². The molecule has 1 rings (SSSR count). The van der Waals surface area contributed by atoms with Gasteiger partial charge < -0.3 is 10.6 Å². The molecule has 0 spiro atoms. The number of hydrogen-bond donors (Lipinski definition) is 1. The average molecular weight is 208 g/mol. The summed E-state index contributed by atoms with van der Waals surface area (Å²) in [6.45, 7) is 5.22. The van der Waals surface area contributed by atoms with Crippen LogP contribution in [0.5, 0.6) is 0 Å². The van der Waals surface area contributed by atoms with E-state index in [1.54, 1.807) is 12.5 Å². The lowest BCUT2D eigenvalue weighted by Gasteiger charge is -2.21. The Kier molecular flexibility index (Phi) is 4.49. The highest BCUT2D eigenvalue weighted by atomic mass is 15.2. The molecule has 1 atom stereocenters. The second kappa shape index (κ2) is 5.66. The fourth-order valence-electron chi connectivity index (χ4n) is 1.30. The van der Waals surface area contributed by atoms with E-state index in [-0.39, 0.29) is 6.04 Å². The maximum atomic E-state index is 5.98. The standard InChI is InChI=1S/C11H20N4/c1-9(2)10(12)5-7-15(3)11-4-6-13-8-14-11/h4,6,8-10H,5,7,12H2,1-3H3. The largest absolute Gasteiger partial charge is 0.360 e. The molecule has 84 valence electrons. The van der Waals surface area contributed by atoms with Crippen molar-refractivity contribution in [3.05, 3.63) is 18.6 Å². The molecule has 15 heavy (non-hydrogen) atoms. The predicted molar refractivity (Wildman–Crippen MR) is 62.7 cm³/mol. The Bertz CT molecular complexity index is 273. The molecule has 0 bridgehead atoms. The molecule has 0 amide bonds. The van der Waals surface area contributed by atoms with E-state index >= 15 is 0 Å². The molecule has 0 fully saturated rings. The van der Waals surface area contributed by atoms with E-state index in [4.69, 9.17) is 5.73 Å². The number of rotatable bonds is 5. The van der Waals surface area contributed by atoms with Crippen LogP contribution in [-0.2, 0) is 0 Å². The summed E-state index contributed by atoms with van der Waals surface area (Å²) < 4.78 is 0. The van der Waals surface area contributed by atoms with Crippen molar-refractivity contribution in [1.82, 2.24) is 9.97 Å². The third kappa shape index (κ3) is 3.83. The first-order chi connectivity index (χ1) is 7.11. The minimum absolute atomic E-state index is 0.259. The molecule has 0 saturated heterocycles. The normalized spacial score (nSPS) is 12.9. The molecule has 4 nitrogen and oxygen atoms in total. The topological polar surface area (TPSA) is 55.0 Å². The minimum atomic E-state index is 0.259. The van der Waals surface area contributed by atoms with Crippen LogP contribution in [0, 0.1) is 5.92 Å². The fourth-order valence-corrected chi connectivity index (χ4v) is 1.30. The smallest absolute Gasteiger partial charge is 0.131 e. The van der Waals surface area contributed by atoms with E-state index in [1.165, 1.54) is 0 Å². The maximum Gasteiger partial charge on any atom is 0.131 e. The van der Waals surface area contributed by atoms with Crippen LogP contribution in [-0.4, -0.2) is 29.6 Å². The van der Waals surface area contributed by atoms with Gasteiger partial charge in [-0.1, -0.05) is 13.8 Å². The molecule has 0 aliphatic heterocycles. The van der Waals surface area contributed by atoms with Gasteiger partial charge in [0, 0.05) is 25.8 Å². The molecule has 1 heterocycles. The van der Waals surface area contributed by atoms with Gasteiger partial charge >= 0.3 is 0 Å². The zero-order valence-electron chi connectivity index (χ0n) is 9.72. The first kappa shape index (κ1) is 11.9. The van der Waals surface area contributed by atoms with Crippen molar-refractivity contribution in [2.75, 3.05) is 18.5 Å². The monoisotopic (exact) mass is 208 g/mol. The van der Waals surface area contributed by atoms with Crippen molar-refractivity contribution in [3.63, 3.8) is 0 Å². The molecule has 1 aromatic heterocycles. The molecule has 2 N–H and O–H groups in total. The molecule has 0 radical (unpaired) electrons. The van der Waals surface area contributed by atoms with Gasteiger partial charge in [0.15, 0.2) is 0 Å². The third-order valence-corrected chi connectivity index (χ3v) is 2.61. The van der Waals surface area contributed by atoms with Gasteiger partial charge in [-0.2, -0.15) is 0 Å². The van der Waals surface area contributed by atoms with Gasteiger partial charge in [-0.05, 0) is 18.4 Å². The van der Waals surface area contributed by atoms with E-state index < -0.39 is 0 Å². The fraction of sp³-hybridized carbons (Fsp3) is 0.636. The number of hydrogen-bond acceptors (Lipinski definition) is 4. The van der Waals surface area contributed by atoms with Gasteiger partial charge in [0.2, 0.25) is 0 Å². The second-order valence-corrected chi connectivity index (χ2v) is 4.19. The quantitative estimate of drug-likeness (QED) is 0.792. The molecule has 0 aromatic carbocycles. The lowest BCUT2D eigenvalue weighted by Crippen LogP contribution is -2.32. The van der Waals surface area contributed by atoms with Gasteiger partial charge in [0.05, 0.1) is 0 Å². The minimum Gasteiger partial charge on any atom is -0.360 e. The van der Waals surface area contributed by atoms with Crippen molar-refractivity contribution in [1.29, 1.82) is 0 Å². The Morgan fingerprint density at radius 2 is 2.20 bits per heavy atom.